The Kier molecular flexibility index (Phi) is 3.65. The van der Waals surface area contributed by atoms with Crippen LogP contribution in [-0.4, -0.2) is 9.78 Å². The molecule has 0 radical (unpaired) electrons. The van der Waals surface area contributed by atoms with E-state index >= 15 is 0 Å². The van der Waals surface area contributed by atoms with Crippen molar-refractivity contribution in [3.8, 4) is 0 Å². The maximum atomic E-state index is 12.8. The molecule has 2 aromatic rings. The van der Waals surface area contributed by atoms with Crippen molar-refractivity contribution < 1.29 is 4.39 Å². The number of aryl methyl sites for hydroxylation is 1. The van der Waals surface area contributed by atoms with Crippen molar-refractivity contribution in [3.05, 3.63) is 47.4 Å². The molecule has 0 fully saturated rings. The fourth-order valence-electron chi connectivity index (χ4n) is 1.71. The molecule has 0 spiro atoms. The summed E-state index contributed by atoms with van der Waals surface area (Å²) in [5.74, 6) is 0.673. The summed E-state index contributed by atoms with van der Waals surface area (Å²) in [7, 11) is 0. The van der Waals surface area contributed by atoms with Crippen LogP contribution in [0, 0.1) is 12.7 Å². The van der Waals surface area contributed by atoms with Crippen molar-refractivity contribution in [2.75, 3.05) is 5.32 Å². The molecule has 1 aromatic heterocycles. The lowest BCUT2D eigenvalue weighted by atomic mass is 10.2. The van der Waals surface area contributed by atoms with Crippen LogP contribution in [0.5, 0.6) is 0 Å². The van der Waals surface area contributed by atoms with Crippen LogP contribution in [0.3, 0.4) is 0 Å². The number of benzene rings is 1. The van der Waals surface area contributed by atoms with E-state index in [4.69, 9.17) is 0 Å². The Morgan fingerprint density at radius 2 is 1.94 bits per heavy atom. The number of rotatable bonds is 4. The maximum Gasteiger partial charge on any atom is 0.151 e. The van der Waals surface area contributed by atoms with E-state index in [-0.39, 0.29) is 5.82 Å². The fourth-order valence-corrected chi connectivity index (χ4v) is 1.71. The molecular formula is C14H18FN3. The number of aromatic nitrogens is 2. The van der Waals surface area contributed by atoms with E-state index < -0.39 is 0 Å². The van der Waals surface area contributed by atoms with Crippen molar-refractivity contribution >= 4 is 5.82 Å². The molecule has 0 saturated heterocycles. The summed E-state index contributed by atoms with van der Waals surface area (Å²) in [6.07, 6.45) is 2.03. The fraction of sp³-hybridized carbons (Fsp3) is 0.357. The largest absolute Gasteiger partial charge is 0.364 e. The highest BCUT2D eigenvalue weighted by atomic mass is 19.1. The van der Waals surface area contributed by atoms with Gasteiger partial charge in [0.05, 0.1) is 0 Å². The highest BCUT2D eigenvalue weighted by Crippen LogP contribution is 2.16. The molecule has 0 aliphatic carbocycles. The second-order valence-corrected chi connectivity index (χ2v) is 4.71. The smallest absolute Gasteiger partial charge is 0.151 e. The van der Waals surface area contributed by atoms with E-state index in [1.807, 2.05) is 17.8 Å². The normalized spacial score (nSPS) is 10.9. The van der Waals surface area contributed by atoms with Gasteiger partial charge in [-0.2, -0.15) is 5.10 Å². The molecule has 0 atom stereocenters. The van der Waals surface area contributed by atoms with E-state index in [1.54, 1.807) is 12.1 Å². The number of nitrogens with zero attached hydrogens (tertiary/aromatic N) is 2. The molecule has 0 aliphatic rings. The molecule has 3 nitrogen and oxygen atoms in total. The average molecular weight is 247 g/mol. The second kappa shape index (κ2) is 5.21. The first-order valence-electron chi connectivity index (χ1n) is 6.10. The summed E-state index contributed by atoms with van der Waals surface area (Å²) in [4.78, 5) is 0. The first kappa shape index (κ1) is 12.6. The highest BCUT2D eigenvalue weighted by molar-refractivity contribution is 5.42. The van der Waals surface area contributed by atoms with E-state index in [9.17, 15) is 4.39 Å². The van der Waals surface area contributed by atoms with E-state index in [2.05, 4.69) is 24.3 Å². The van der Waals surface area contributed by atoms with Crippen LogP contribution in [-0.2, 0) is 6.54 Å². The van der Waals surface area contributed by atoms with Crippen molar-refractivity contribution in [2.45, 2.75) is 33.4 Å². The Hall–Kier alpha value is -1.84. The second-order valence-electron chi connectivity index (χ2n) is 4.71. The molecule has 18 heavy (non-hydrogen) atoms. The summed E-state index contributed by atoms with van der Waals surface area (Å²) >= 11 is 0. The average Bonchev–Trinajstić information content (AvgIpc) is 2.70. The molecule has 0 amide bonds. The molecule has 0 aliphatic heterocycles. The minimum Gasteiger partial charge on any atom is -0.364 e. The standard InChI is InChI=1S/C14H18FN3/c1-10(2)18-9-11(3)14(17-18)16-8-12-4-6-13(15)7-5-12/h4-7,9-10H,8H2,1-3H3,(H,16,17). The number of hydrogen-bond acceptors (Lipinski definition) is 2. The van der Waals surface area contributed by atoms with Crippen molar-refractivity contribution in [2.24, 2.45) is 0 Å². The Labute approximate surface area is 107 Å². The number of anilines is 1. The van der Waals surface area contributed by atoms with Crippen LogP contribution in [0.25, 0.3) is 0 Å². The molecule has 0 bridgehead atoms. The van der Waals surface area contributed by atoms with Gasteiger partial charge in [0, 0.05) is 24.3 Å². The van der Waals surface area contributed by atoms with Crippen LogP contribution in [0.4, 0.5) is 10.2 Å². The molecular weight excluding hydrogens is 229 g/mol. The number of hydrogen-bond donors (Lipinski definition) is 1. The van der Waals surface area contributed by atoms with Crippen LogP contribution in [0.1, 0.15) is 31.0 Å². The summed E-state index contributed by atoms with van der Waals surface area (Å²) in [5, 5.41) is 7.74. The van der Waals surface area contributed by atoms with Crippen molar-refractivity contribution in [1.29, 1.82) is 0 Å². The lowest BCUT2D eigenvalue weighted by Gasteiger charge is -2.05. The highest BCUT2D eigenvalue weighted by Gasteiger charge is 2.06. The summed E-state index contributed by atoms with van der Waals surface area (Å²) < 4.78 is 14.7. The maximum absolute atomic E-state index is 12.8. The lowest BCUT2D eigenvalue weighted by Crippen LogP contribution is -2.04. The SMILES string of the molecule is Cc1cn(C(C)C)nc1NCc1ccc(F)cc1. The Morgan fingerprint density at radius 3 is 2.50 bits per heavy atom. The third-order valence-electron chi connectivity index (χ3n) is 2.82. The van der Waals surface area contributed by atoms with Gasteiger partial charge in [0.1, 0.15) is 5.82 Å². The van der Waals surface area contributed by atoms with Gasteiger partial charge in [-0.25, -0.2) is 4.39 Å². The van der Waals surface area contributed by atoms with Crippen LogP contribution < -0.4 is 5.32 Å². The minimum atomic E-state index is -0.209. The minimum absolute atomic E-state index is 0.209. The Bertz CT molecular complexity index is 514. The van der Waals surface area contributed by atoms with Gasteiger partial charge in [0.15, 0.2) is 5.82 Å². The van der Waals surface area contributed by atoms with Gasteiger partial charge in [-0.3, -0.25) is 4.68 Å². The first-order chi connectivity index (χ1) is 8.56. The zero-order valence-corrected chi connectivity index (χ0v) is 10.9. The summed E-state index contributed by atoms with van der Waals surface area (Å²) in [6.45, 7) is 6.86. The first-order valence-corrected chi connectivity index (χ1v) is 6.10. The number of nitrogens with one attached hydrogen (secondary N) is 1. The zero-order chi connectivity index (χ0) is 13.1. The Morgan fingerprint density at radius 1 is 1.28 bits per heavy atom. The van der Waals surface area contributed by atoms with Gasteiger partial charge in [0.2, 0.25) is 0 Å². The Balaban J connectivity index is 2.03. The van der Waals surface area contributed by atoms with Gasteiger partial charge >= 0.3 is 0 Å². The molecule has 1 aromatic carbocycles. The van der Waals surface area contributed by atoms with Crippen LogP contribution >= 0.6 is 0 Å². The molecule has 1 N–H and O–H groups in total. The molecule has 0 unspecified atom stereocenters. The molecule has 4 heteroatoms. The van der Waals surface area contributed by atoms with Crippen LogP contribution in [0.15, 0.2) is 30.5 Å². The molecule has 0 saturated carbocycles. The predicted octanol–water partition coefficient (Wildman–Crippen LogP) is 3.52. The van der Waals surface area contributed by atoms with Gasteiger partial charge in [-0.05, 0) is 38.5 Å². The third-order valence-corrected chi connectivity index (χ3v) is 2.82. The van der Waals surface area contributed by atoms with Crippen molar-refractivity contribution in [1.82, 2.24) is 9.78 Å². The quantitative estimate of drug-likeness (QED) is 0.895. The molecule has 96 valence electrons. The lowest BCUT2D eigenvalue weighted by molar-refractivity contribution is 0.533. The van der Waals surface area contributed by atoms with Gasteiger partial charge in [0.25, 0.3) is 0 Å². The molecule has 1 heterocycles. The third kappa shape index (κ3) is 2.88. The van der Waals surface area contributed by atoms with Crippen molar-refractivity contribution in [3.63, 3.8) is 0 Å². The van der Waals surface area contributed by atoms with E-state index in [1.165, 1.54) is 12.1 Å². The van der Waals surface area contributed by atoms with E-state index in [0.717, 1.165) is 16.9 Å². The molecule has 2 rings (SSSR count). The zero-order valence-electron chi connectivity index (χ0n) is 10.9. The summed E-state index contributed by atoms with van der Waals surface area (Å²) in [5.41, 5.74) is 2.15. The topological polar surface area (TPSA) is 29.9 Å². The predicted molar refractivity (Wildman–Crippen MR) is 71.1 cm³/mol. The number of halogens is 1. The van der Waals surface area contributed by atoms with Gasteiger partial charge < -0.3 is 5.32 Å². The van der Waals surface area contributed by atoms with Gasteiger partial charge in [-0.15, -0.1) is 0 Å². The van der Waals surface area contributed by atoms with Gasteiger partial charge in [-0.1, -0.05) is 12.1 Å². The van der Waals surface area contributed by atoms with E-state index in [0.29, 0.717) is 12.6 Å². The van der Waals surface area contributed by atoms with Crippen LogP contribution in [0.2, 0.25) is 0 Å². The summed E-state index contributed by atoms with van der Waals surface area (Å²) in [6, 6.07) is 6.84. The monoisotopic (exact) mass is 247 g/mol.